The largest absolute Gasteiger partial charge is 0.356 e. The number of rotatable bonds is 5. The quantitative estimate of drug-likeness (QED) is 0.323. The van der Waals surface area contributed by atoms with Gasteiger partial charge < -0.3 is 20.4 Å². The molecule has 0 spiro atoms. The smallest absolute Gasteiger partial charge is 0.225 e. The standard InChI is InChI=1S/C23H35N5O2S.HI/c1-24-23(25-11-7-21(29)27-13-9-20-18(15-27)10-14-31-20)26-19-8-12-28(16-19)22(30)17-5-3-2-4-6-17;/h10,14,17,19H,2-9,11-13,15-16H2,1H3,(H2,24,25,26);1H. The highest BCUT2D eigenvalue weighted by atomic mass is 127. The molecule has 9 heteroatoms. The van der Waals surface area contributed by atoms with Crippen molar-refractivity contribution in [3.63, 3.8) is 0 Å². The molecule has 4 rings (SSSR count). The molecule has 2 amide bonds. The fourth-order valence-corrected chi connectivity index (χ4v) is 5.87. The highest BCUT2D eigenvalue weighted by molar-refractivity contribution is 14.0. The van der Waals surface area contributed by atoms with Gasteiger partial charge in [-0.1, -0.05) is 19.3 Å². The van der Waals surface area contributed by atoms with Crippen molar-refractivity contribution in [2.24, 2.45) is 10.9 Å². The Hall–Kier alpha value is -1.36. The van der Waals surface area contributed by atoms with E-state index in [1.54, 1.807) is 18.4 Å². The summed E-state index contributed by atoms with van der Waals surface area (Å²) in [5, 5.41) is 8.83. The first kappa shape index (κ1) is 25.3. The van der Waals surface area contributed by atoms with Crippen LogP contribution in [0.15, 0.2) is 16.4 Å². The molecule has 178 valence electrons. The molecule has 1 unspecified atom stereocenters. The van der Waals surface area contributed by atoms with Crippen LogP contribution in [0.3, 0.4) is 0 Å². The first-order valence-corrected chi connectivity index (χ1v) is 12.6. The summed E-state index contributed by atoms with van der Waals surface area (Å²) in [5.41, 5.74) is 1.29. The molecule has 1 aromatic rings. The summed E-state index contributed by atoms with van der Waals surface area (Å²) >= 11 is 1.79. The van der Waals surface area contributed by atoms with Crippen LogP contribution in [0.2, 0.25) is 0 Å². The first-order valence-electron chi connectivity index (χ1n) is 11.7. The van der Waals surface area contributed by atoms with Crippen molar-refractivity contribution in [1.82, 2.24) is 20.4 Å². The minimum Gasteiger partial charge on any atom is -0.356 e. The summed E-state index contributed by atoms with van der Waals surface area (Å²) in [5.74, 6) is 1.47. The van der Waals surface area contributed by atoms with Crippen molar-refractivity contribution in [3.05, 3.63) is 21.9 Å². The van der Waals surface area contributed by atoms with Gasteiger partial charge in [0.25, 0.3) is 0 Å². The number of thiophene rings is 1. The number of nitrogens with one attached hydrogen (secondary N) is 2. The lowest BCUT2D eigenvalue weighted by atomic mass is 9.88. The summed E-state index contributed by atoms with van der Waals surface area (Å²) in [6.07, 6.45) is 8.11. The van der Waals surface area contributed by atoms with Gasteiger partial charge in [0.05, 0.1) is 0 Å². The van der Waals surface area contributed by atoms with Gasteiger partial charge in [-0.25, -0.2) is 0 Å². The molecule has 1 aliphatic carbocycles. The molecule has 0 radical (unpaired) electrons. The molecular formula is C23H36IN5O2S. The minimum absolute atomic E-state index is 0. The fraction of sp³-hybridized carbons (Fsp3) is 0.696. The number of halogens is 1. The predicted molar refractivity (Wildman–Crippen MR) is 140 cm³/mol. The zero-order valence-corrected chi connectivity index (χ0v) is 22.1. The number of carbonyl (C=O) groups is 2. The number of nitrogens with zero attached hydrogens (tertiary/aromatic N) is 3. The van der Waals surface area contributed by atoms with E-state index in [0.29, 0.717) is 24.8 Å². The Morgan fingerprint density at radius 3 is 2.75 bits per heavy atom. The fourth-order valence-electron chi connectivity index (χ4n) is 4.98. The maximum atomic E-state index is 12.8. The molecule has 32 heavy (non-hydrogen) atoms. The zero-order chi connectivity index (χ0) is 21.6. The second kappa shape index (κ2) is 12.2. The highest BCUT2D eigenvalue weighted by Crippen LogP contribution is 2.27. The van der Waals surface area contributed by atoms with Crippen LogP contribution >= 0.6 is 35.3 Å². The van der Waals surface area contributed by atoms with E-state index in [1.165, 1.54) is 29.7 Å². The average molecular weight is 574 g/mol. The summed E-state index contributed by atoms with van der Waals surface area (Å²) in [4.78, 5) is 35.1. The lowest BCUT2D eigenvalue weighted by molar-refractivity contribution is -0.135. The van der Waals surface area contributed by atoms with E-state index in [9.17, 15) is 9.59 Å². The Balaban J connectivity index is 0.00000289. The topological polar surface area (TPSA) is 77.0 Å². The van der Waals surface area contributed by atoms with E-state index >= 15 is 0 Å². The Kier molecular flexibility index (Phi) is 9.63. The van der Waals surface area contributed by atoms with Crippen LogP contribution in [0.5, 0.6) is 0 Å². The van der Waals surface area contributed by atoms with E-state index < -0.39 is 0 Å². The molecule has 7 nitrogen and oxygen atoms in total. The van der Waals surface area contributed by atoms with E-state index in [4.69, 9.17) is 0 Å². The van der Waals surface area contributed by atoms with Gasteiger partial charge in [0, 0.05) is 63.0 Å². The molecular weight excluding hydrogens is 537 g/mol. The third-order valence-electron chi connectivity index (χ3n) is 6.81. The number of hydrogen-bond donors (Lipinski definition) is 2. The molecule has 3 heterocycles. The van der Waals surface area contributed by atoms with Gasteiger partial charge in [-0.15, -0.1) is 35.3 Å². The van der Waals surface area contributed by atoms with Crippen molar-refractivity contribution >= 4 is 53.1 Å². The van der Waals surface area contributed by atoms with E-state index in [0.717, 1.165) is 51.9 Å². The van der Waals surface area contributed by atoms with E-state index in [2.05, 4.69) is 27.1 Å². The van der Waals surface area contributed by atoms with Crippen LogP contribution in [0.1, 0.15) is 55.4 Å². The third kappa shape index (κ3) is 6.36. The number of hydrogen-bond acceptors (Lipinski definition) is 4. The predicted octanol–water partition coefficient (Wildman–Crippen LogP) is 2.99. The van der Waals surface area contributed by atoms with Crippen LogP contribution in [-0.4, -0.2) is 66.8 Å². The van der Waals surface area contributed by atoms with Gasteiger partial charge >= 0.3 is 0 Å². The van der Waals surface area contributed by atoms with Crippen molar-refractivity contribution in [2.75, 3.05) is 33.2 Å². The lowest BCUT2D eigenvalue weighted by Gasteiger charge is -2.27. The summed E-state index contributed by atoms with van der Waals surface area (Å²) in [7, 11) is 1.75. The molecule has 1 saturated heterocycles. The van der Waals surface area contributed by atoms with E-state index in [1.807, 2.05) is 9.80 Å². The van der Waals surface area contributed by atoms with Gasteiger partial charge in [-0.2, -0.15) is 0 Å². The van der Waals surface area contributed by atoms with Crippen molar-refractivity contribution in [3.8, 4) is 0 Å². The molecule has 2 aliphatic heterocycles. The van der Waals surface area contributed by atoms with Crippen LogP contribution in [0.4, 0.5) is 0 Å². The zero-order valence-electron chi connectivity index (χ0n) is 19.0. The van der Waals surface area contributed by atoms with E-state index in [-0.39, 0.29) is 41.8 Å². The molecule has 3 aliphatic rings. The number of fused-ring (bicyclic) bond motifs is 1. The van der Waals surface area contributed by atoms with Crippen LogP contribution < -0.4 is 10.6 Å². The Bertz CT molecular complexity index is 808. The van der Waals surface area contributed by atoms with Gasteiger partial charge in [-0.05, 0) is 42.7 Å². The Labute approximate surface area is 212 Å². The molecule has 1 aromatic heterocycles. The highest BCUT2D eigenvalue weighted by Gasteiger charge is 2.31. The number of carbonyl (C=O) groups excluding carboxylic acids is 2. The Morgan fingerprint density at radius 1 is 1.16 bits per heavy atom. The minimum atomic E-state index is 0. The van der Waals surface area contributed by atoms with Gasteiger partial charge in [0.15, 0.2) is 5.96 Å². The normalized spacial score (nSPS) is 21.7. The molecule has 2 N–H and O–H groups in total. The summed E-state index contributed by atoms with van der Waals surface area (Å²) in [6.45, 7) is 3.67. The molecule has 2 fully saturated rings. The summed E-state index contributed by atoms with van der Waals surface area (Å²) < 4.78 is 0. The number of likely N-dealkylation sites (tertiary alicyclic amines) is 1. The maximum Gasteiger partial charge on any atom is 0.225 e. The Morgan fingerprint density at radius 2 is 1.97 bits per heavy atom. The van der Waals surface area contributed by atoms with Crippen LogP contribution in [0, 0.1) is 5.92 Å². The van der Waals surface area contributed by atoms with Crippen LogP contribution in [0.25, 0.3) is 0 Å². The number of amides is 2. The maximum absolute atomic E-state index is 12.8. The molecule has 0 aromatic carbocycles. The number of guanidine groups is 1. The number of aliphatic imine (C=N–C) groups is 1. The van der Waals surface area contributed by atoms with Crippen molar-refractivity contribution in [2.45, 2.75) is 64.0 Å². The summed E-state index contributed by atoms with van der Waals surface area (Å²) in [6, 6.07) is 2.35. The lowest BCUT2D eigenvalue weighted by Crippen LogP contribution is -2.46. The second-order valence-electron chi connectivity index (χ2n) is 8.93. The molecule has 1 atom stereocenters. The van der Waals surface area contributed by atoms with Gasteiger partial charge in [0.1, 0.15) is 0 Å². The van der Waals surface area contributed by atoms with Gasteiger partial charge in [0.2, 0.25) is 11.8 Å². The SMILES string of the molecule is CN=C(NCCC(=O)N1CCc2sccc2C1)NC1CCN(C(=O)C2CCCCC2)C1.I. The van der Waals surface area contributed by atoms with Crippen LogP contribution in [-0.2, 0) is 22.6 Å². The van der Waals surface area contributed by atoms with Crippen molar-refractivity contribution in [1.29, 1.82) is 0 Å². The first-order chi connectivity index (χ1) is 15.1. The monoisotopic (exact) mass is 573 g/mol. The van der Waals surface area contributed by atoms with Gasteiger partial charge in [-0.3, -0.25) is 14.6 Å². The molecule has 0 bridgehead atoms. The molecule has 1 saturated carbocycles. The second-order valence-corrected chi connectivity index (χ2v) is 9.93. The third-order valence-corrected chi connectivity index (χ3v) is 7.83. The average Bonchev–Trinajstić information content (AvgIpc) is 3.47. The van der Waals surface area contributed by atoms with Crippen molar-refractivity contribution < 1.29 is 9.59 Å².